The number of hydrogen-bond donors (Lipinski definition) is 2. The lowest BCUT2D eigenvalue weighted by Gasteiger charge is -2.21. The van der Waals surface area contributed by atoms with Gasteiger partial charge in [-0.3, -0.25) is 4.79 Å². The maximum Gasteiger partial charge on any atom is 0.230 e. The molecule has 0 aromatic heterocycles. The van der Waals surface area contributed by atoms with Crippen LogP contribution in [0.4, 0.5) is 0 Å². The molecule has 0 radical (unpaired) electrons. The van der Waals surface area contributed by atoms with E-state index < -0.39 is 0 Å². The highest BCUT2D eigenvalue weighted by molar-refractivity contribution is 7.99. The van der Waals surface area contributed by atoms with E-state index in [9.17, 15) is 4.79 Å². The van der Waals surface area contributed by atoms with Crippen LogP contribution in [0.1, 0.15) is 20.3 Å². The van der Waals surface area contributed by atoms with E-state index in [2.05, 4.69) is 5.32 Å². The Labute approximate surface area is 84.3 Å². The number of thioether (sulfide) groups is 1. The first kappa shape index (κ1) is 12.8. The van der Waals surface area contributed by atoms with Crippen LogP contribution in [-0.2, 0) is 4.79 Å². The van der Waals surface area contributed by atoms with Crippen molar-refractivity contribution in [3.05, 3.63) is 0 Å². The van der Waals surface area contributed by atoms with Crippen LogP contribution >= 0.6 is 11.8 Å². The molecule has 0 aromatic carbocycles. The molecule has 0 aromatic rings. The number of nitrogens with one attached hydrogen (secondary N) is 1. The Kier molecular flexibility index (Phi) is 7.09. The van der Waals surface area contributed by atoms with Crippen molar-refractivity contribution in [2.24, 2.45) is 5.92 Å². The van der Waals surface area contributed by atoms with Crippen molar-refractivity contribution in [2.45, 2.75) is 26.3 Å². The molecule has 4 heteroatoms. The fourth-order valence-corrected chi connectivity index (χ4v) is 1.44. The molecule has 0 aliphatic rings. The number of aliphatic hydroxyl groups excluding tert-OH is 1. The third-order valence-electron chi connectivity index (χ3n) is 1.87. The first-order chi connectivity index (χ1) is 6.11. The first-order valence-electron chi connectivity index (χ1n) is 4.51. The van der Waals surface area contributed by atoms with E-state index >= 15 is 0 Å². The Morgan fingerprint density at radius 1 is 1.54 bits per heavy atom. The summed E-state index contributed by atoms with van der Waals surface area (Å²) in [4.78, 5) is 11.2. The quantitative estimate of drug-likeness (QED) is 0.676. The standard InChI is InChI=1S/C9H19NO2S/c1-7(2)8(4-5-11)10-9(12)6-13-3/h7-8,11H,4-6H2,1-3H3,(H,10,12). The lowest BCUT2D eigenvalue weighted by atomic mass is 10.0. The average Bonchev–Trinajstić information content (AvgIpc) is 2.04. The van der Waals surface area contributed by atoms with Gasteiger partial charge in [-0.2, -0.15) is 11.8 Å². The molecule has 0 spiro atoms. The molecular formula is C9H19NO2S. The third-order valence-corrected chi connectivity index (χ3v) is 2.42. The second kappa shape index (κ2) is 7.21. The zero-order valence-electron chi connectivity index (χ0n) is 8.54. The van der Waals surface area contributed by atoms with Gasteiger partial charge in [0.25, 0.3) is 0 Å². The highest BCUT2D eigenvalue weighted by Gasteiger charge is 2.14. The number of hydrogen-bond acceptors (Lipinski definition) is 3. The maximum absolute atomic E-state index is 11.2. The van der Waals surface area contributed by atoms with E-state index in [0.29, 0.717) is 18.1 Å². The molecule has 0 heterocycles. The van der Waals surface area contributed by atoms with Crippen LogP contribution in [0, 0.1) is 5.92 Å². The van der Waals surface area contributed by atoms with Gasteiger partial charge in [-0.25, -0.2) is 0 Å². The van der Waals surface area contributed by atoms with E-state index in [4.69, 9.17) is 5.11 Å². The van der Waals surface area contributed by atoms with Gasteiger partial charge in [0, 0.05) is 12.6 Å². The molecule has 0 aliphatic heterocycles. The van der Waals surface area contributed by atoms with Gasteiger partial charge in [-0.15, -0.1) is 0 Å². The number of carbonyl (C=O) groups excluding carboxylic acids is 1. The predicted octanol–water partition coefficient (Wildman–Crippen LogP) is 0.873. The van der Waals surface area contributed by atoms with Crippen LogP contribution in [0.3, 0.4) is 0 Å². The number of amides is 1. The minimum atomic E-state index is 0.0552. The van der Waals surface area contributed by atoms with Crippen LogP contribution in [0.25, 0.3) is 0 Å². The van der Waals surface area contributed by atoms with Crippen LogP contribution < -0.4 is 5.32 Å². The molecule has 0 bridgehead atoms. The monoisotopic (exact) mass is 205 g/mol. The third kappa shape index (κ3) is 5.93. The Balaban J connectivity index is 3.86. The van der Waals surface area contributed by atoms with Gasteiger partial charge in [0.15, 0.2) is 0 Å². The number of rotatable bonds is 6. The van der Waals surface area contributed by atoms with Gasteiger partial charge in [0.1, 0.15) is 0 Å². The van der Waals surface area contributed by atoms with Crippen molar-refractivity contribution >= 4 is 17.7 Å². The molecule has 3 nitrogen and oxygen atoms in total. The maximum atomic E-state index is 11.2. The molecule has 0 aliphatic carbocycles. The summed E-state index contributed by atoms with van der Waals surface area (Å²) in [6.07, 6.45) is 2.54. The summed E-state index contributed by atoms with van der Waals surface area (Å²) in [5.74, 6) is 0.923. The molecule has 0 saturated carbocycles. The normalized spacial score (nSPS) is 13.0. The van der Waals surface area contributed by atoms with E-state index in [1.54, 1.807) is 0 Å². The lowest BCUT2D eigenvalue weighted by Crippen LogP contribution is -2.40. The summed E-state index contributed by atoms with van der Waals surface area (Å²) in [7, 11) is 0. The lowest BCUT2D eigenvalue weighted by molar-refractivity contribution is -0.119. The summed E-state index contributed by atoms with van der Waals surface area (Å²) < 4.78 is 0. The highest BCUT2D eigenvalue weighted by Crippen LogP contribution is 2.05. The number of aliphatic hydroxyl groups is 1. The van der Waals surface area contributed by atoms with Crippen molar-refractivity contribution in [2.75, 3.05) is 18.6 Å². The molecule has 0 saturated heterocycles. The van der Waals surface area contributed by atoms with Gasteiger partial charge < -0.3 is 10.4 Å². The van der Waals surface area contributed by atoms with Crippen LogP contribution in [0.5, 0.6) is 0 Å². The summed E-state index contributed by atoms with van der Waals surface area (Å²) >= 11 is 1.51. The summed E-state index contributed by atoms with van der Waals surface area (Å²) in [5, 5.41) is 11.7. The Hall–Kier alpha value is -0.220. The molecule has 78 valence electrons. The average molecular weight is 205 g/mol. The van der Waals surface area contributed by atoms with Crippen LogP contribution in [-0.4, -0.2) is 35.7 Å². The Morgan fingerprint density at radius 3 is 2.54 bits per heavy atom. The molecule has 2 N–H and O–H groups in total. The second-order valence-corrected chi connectivity index (χ2v) is 4.23. The molecule has 13 heavy (non-hydrogen) atoms. The topological polar surface area (TPSA) is 49.3 Å². The van der Waals surface area contributed by atoms with E-state index in [1.165, 1.54) is 11.8 Å². The molecule has 1 atom stereocenters. The Morgan fingerprint density at radius 2 is 2.15 bits per heavy atom. The summed E-state index contributed by atoms with van der Waals surface area (Å²) in [6, 6.07) is 0.102. The zero-order chi connectivity index (χ0) is 10.3. The smallest absolute Gasteiger partial charge is 0.230 e. The minimum Gasteiger partial charge on any atom is -0.396 e. The zero-order valence-corrected chi connectivity index (χ0v) is 9.36. The largest absolute Gasteiger partial charge is 0.396 e. The fourth-order valence-electron chi connectivity index (χ4n) is 1.09. The van der Waals surface area contributed by atoms with Crippen LogP contribution in [0.2, 0.25) is 0 Å². The van der Waals surface area contributed by atoms with Crippen LogP contribution in [0.15, 0.2) is 0 Å². The molecule has 1 amide bonds. The molecule has 1 unspecified atom stereocenters. The molecule has 0 fully saturated rings. The van der Waals surface area contributed by atoms with E-state index in [0.717, 1.165) is 0 Å². The van der Waals surface area contributed by atoms with Gasteiger partial charge in [0.2, 0.25) is 5.91 Å². The first-order valence-corrected chi connectivity index (χ1v) is 5.90. The molecular weight excluding hydrogens is 186 g/mol. The minimum absolute atomic E-state index is 0.0552. The summed E-state index contributed by atoms with van der Waals surface area (Å²) in [6.45, 7) is 4.21. The van der Waals surface area contributed by atoms with Gasteiger partial charge >= 0.3 is 0 Å². The SMILES string of the molecule is CSCC(=O)NC(CCO)C(C)C. The van der Waals surface area contributed by atoms with Crippen molar-refractivity contribution in [1.29, 1.82) is 0 Å². The predicted molar refractivity (Wildman–Crippen MR) is 56.9 cm³/mol. The van der Waals surface area contributed by atoms with Crippen molar-refractivity contribution < 1.29 is 9.90 Å². The van der Waals surface area contributed by atoms with Gasteiger partial charge in [0.05, 0.1) is 5.75 Å². The van der Waals surface area contributed by atoms with Crippen molar-refractivity contribution in [1.82, 2.24) is 5.32 Å². The summed E-state index contributed by atoms with van der Waals surface area (Å²) in [5.41, 5.74) is 0. The highest BCUT2D eigenvalue weighted by atomic mass is 32.2. The number of carbonyl (C=O) groups is 1. The molecule has 0 rings (SSSR count). The second-order valence-electron chi connectivity index (χ2n) is 3.36. The van der Waals surface area contributed by atoms with Gasteiger partial charge in [-0.1, -0.05) is 13.8 Å². The fraction of sp³-hybridized carbons (Fsp3) is 0.889. The van der Waals surface area contributed by atoms with Gasteiger partial charge in [-0.05, 0) is 18.6 Å². The van der Waals surface area contributed by atoms with Crippen molar-refractivity contribution in [3.8, 4) is 0 Å². The van der Waals surface area contributed by atoms with E-state index in [1.807, 2.05) is 20.1 Å². The van der Waals surface area contributed by atoms with Crippen molar-refractivity contribution in [3.63, 3.8) is 0 Å². The Bertz CT molecular complexity index is 151. The van der Waals surface area contributed by atoms with E-state index in [-0.39, 0.29) is 18.6 Å².